The molecule has 24 heavy (non-hydrogen) atoms. The highest BCUT2D eigenvalue weighted by Crippen LogP contribution is 2.40. The zero-order chi connectivity index (χ0) is 17.2. The van der Waals surface area contributed by atoms with E-state index in [0.717, 1.165) is 5.56 Å². The molecule has 0 radical (unpaired) electrons. The average Bonchev–Trinajstić information content (AvgIpc) is 2.60. The number of aldehydes is 1. The van der Waals surface area contributed by atoms with Gasteiger partial charge in [-0.2, -0.15) is 5.48 Å². The number of benzene rings is 1. The van der Waals surface area contributed by atoms with Crippen LogP contribution in [0.25, 0.3) is 0 Å². The van der Waals surface area contributed by atoms with Crippen molar-refractivity contribution in [2.75, 3.05) is 7.11 Å². The first-order valence-corrected chi connectivity index (χ1v) is 7.75. The summed E-state index contributed by atoms with van der Waals surface area (Å²) < 4.78 is 10.8. The summed E-state index contributed by atoms with van der Waals surface area (Å²) in [5.41, 5.74) is 2.79. The fraction of sp³-hybridized carbons (Fsp3) is 0.471. The first kappa shape index (κ1) is 17.2. The fourth-order valence-corrected chi connectivity index (χ4v) is 3.21. The van der Waals surface area contributed by atoms with Crippen LogP contribution in [0.5, 0.6) is 0 Å². The lowest BCUT2D eigenvalue weighted by Crippen LogP contribution is -2.70. The summed E-state index contributed by atoms with van der Waals surface area (Å²) in [5, 5.41) is 20.7. The van der Waals surface area contributed by atoms with Gasteiger partial charge in [0.25, 0.3) is 0 Å². The summed E-state index contributed by atoms with van der Waals surface area (Å²) in [6, 6.07) is 9.50. The Morgan fingerprint density at radius 3 is 2.79 bits per heavy atom. The van der Waals surface area contributed by atoms with Gasteiger partial charge in [-0.1, -0.05) is 30.3 Å². The second-order valence-electron chi connectivity index (χ2n) is 5.99. The second-order valence-corrected chi connectivity index (χ2v) is 5.99. The Morgan fingerprint density at radius 2 is 2.12 bits per heavy atom. The number of hydroxylamine groups is 1. The molecule has 1 aliphatic heterocycles. The Labute approximate surface area is 139 Å². The molecule has 7 nitrogen and oxygen atoms in total. The number of ether oxygens (including phenoxy) is 2. The molecular weight excluding hydrogens is 314 g/mol. The molecule has 0 spiro atoms. The van der Waals surface area contributed by atoms with Gasteiger partial charge in [0.1, 0.15) is 30.1 Å². The van der Waals surface area contributed by atoms with E-state index in [1.165, 1.54) is 13.2 Å². The second kappa shape index (κ2) is 7.10. The lowest BCUT2D eigenvalue weighted by atomic mass is 9.72. The number of aliphatic hydroxyl groups excluding tert-OH is 2. The molecule has 1 aromatic carbocycles. The van der Waals surface area contributed by atoms with Gasteiger partial charge in [0.2, 0.25) is 0 Å². The van der Waals surface area contributed by atoms with Crippen molar-refractivity contribution in [3.05, 3.63) is 47.5 Å². The lowest BCUT2D eigenvalue weighted by Gasteiger charge is -2.51. The molecule has 1 aromatic rings. The molecule has 5 atom stereocenters. The molecule has 0 aromatic heterocycles. The molecule has 2 aliphatic rings. The van der Waals surface area contributed by atoms with Crippen LogP contribution in [0.15, 0.2) is 42.0 Å². The summed E-state index contributed by atoms with van der Waals surface area (Å²) in [6.07, 6.45) is -1.66. The van der Waals surface area contributed by atoms with Crippen LogP contribution in [-0.4, -0.2) is 53.7 Å². The van der Waals surface area contributed by atoms with Crippen molar-refractivity contribution >= 4 is 6.29 Å². The van der Waals surface area contributed by atoms with Crippen molar-refractivity contribution in [3.63, 3.8) is 0 Å². The molecule has 7 heteroatoms. The minimum atomic E-state index is -1.20. The van der Waals surface area contributed by atoms with Crippen molar-refractivity contribution in [2.24, 2.45) is 0 Å². The third-order valence-corrected chi connectivity index (χ3v) is 4.54. The molecule has 3 unspecified atom stereocenters. The number of methoxy groups -OCH3 is 1. The normalized spacial score (nSPS) is 35.4. The predicted octanol–water partition coefficient (Wildman–Crippen LogP) is 0.0687. The Balaban J connectivity index is 1.82. The third kappa shape index (κ3) is 3.02. The van der Waals surface area contributed by atoms with E-state index in [9.17, 15) is 15.0 Å². The number of nitrogens with one attached hydrogen (secondary N) is 1. The zero-order valence-corrected chi connectivity index (χ0v) is 13.3. The number of rotatable bonds is 6. The van der Waals surface area contributed by atoms with Crippen LogP contribution in [0.3, 0.4) is 0 Å². The highest BCUT2D eigenvalue weighted by atomic mass is 16.7. The first-order chi connectivity index (χ1) is 11.6. The molecule has 3 N–H and O–H groups in total. The summed E-state index contributed by atoms with van der Waals surface area (Å²) in [6.45, 7) is 0.257. The molecule has 1 aliphatic carbocycles. The van der Waals surface area contributed by atoms with Crippen LogP contribution in [-0.2, 0) is 25.7 Å². The minimum Gasteiger partial charge on any atom is -0.388 e. The summed E-state index contributed by atoms with van der Waals surface area (Å²) in [5.74, 6) is 0. The van der Waals surface area contributed by atoms with Crippen LogP contribution in [0, 0.1) is 0 Å². The maximum Gasteiger partial charge on any atom is 0.160 e. The van der Waals surface area contributed by atoms with Crippen LogP contribution >= 0.6 is 0 Å². The van der Waals surface area contributed by atoms with Crippen molar-refractivity contribution in [1.29, 1.82) is 0 Å². The maximum absolute atomic E-state index is 11.5. The number of carbonyl (C=O) groups excluding carboxylic acids is 1. The highest BCUT2D eigenvalue weighted by Gasteiger charge is 2.56. The van der Waals surface area contributed by atoms with E-state index in [-0.39, 0.29) is 18.6 Å². The molecule has 1 saturated heterocycles. The fourth-order valence-electron chi connectivity index (χ4n) is 3.21. The Morgan fingerprint density at radius 1 is 1.38 bits per heavy atom. The molecule has 2 bridgehead atoms. The molecule has 0 amide bonds. The van der Waals surface area contributed by atoms with Gasteiger partial charge in [0, 0.05) is 19.1 Å². The number of hydrogen-bond acceptors (Lipinski definition) is 7. The van der Waals surface area contributed by atoms with Crippen LogP contribution in [0.1, 0.15) is 12.0 Å². The van der Waals surface area contributed by atoms with Crippen molar-refractivity contribution in [3.8, 4) is 0 Å². The number of hydrogen-bond donors (Lipinski definition) is 3. The van der Waals surface area contributed by atoms with E-state index in [4.69, 9.17) is 14.3 Å². The summed E-state index contributed by atoms with van der Waals surface area (Å²) >= 11 is 0. The molecule has 3 rings (SSSR count). The van der Waals surface area contributed by atoms with Crippen LogP contribution in [0.4, 0.5) is 0 Å². The van der Waals surface area contributed by atoms with Crippen LogP contribution < -0.4 is 5.48 Å². The largest absolute Gasteiger partial charge is 0.388 e. The number of carbonyl (C=O) groups is 1. The predicted molar refractivity (Wildman–Crippen MR) is 83.5 cm³/mol. The van der Waals surface area contributed by atoms with Gasteiger partial charge in [0.15, 0.2) is 6.29 Å². The SMILES string of the molecule is CO[C@H]1CC2(NOCc3ccccc3)C(C=O)=CC(O)[C@@H](O1)C2O. The number of fused-ring (bicyclic) bond motifs is 2. The van der Waals surface area contributed by atoms with Gasteiger partial charge in [-0.15, -0.1) is 0 Å². The van der Waals surface area contributed by atoms with E-state index in [1.54, 1.807) is 0 Å². The lowest BCUT2D eigenvalue weighted by molar-refractivity contribution is -0.268. The van der Waals surface area contributed by atoms with E-state index in [2.05, 4.69) is 5.48 Å². The van der Waals surface area contributed by atoms with E-state index in [1.807, 2.05) is 30.3 Å². The highest BCUT2D eigenvalue weighted by molar-refractivity contribution is 5.78. The molecule has 1 heterocycles. The van der Waals surface area contributed by atoms with Gasteiger partial charge in [-0.25, -0.2) is 0 Å². The van der Waals surface area contributed by atoms with Crippen molar-refractivity contribution in [1.82, 2.24) is 5.48 Å². The van der Waals surface area contributed by atoms with Gasteiger partial charge in [-0.3, -0.25) is 9.63 Å². The molecule has 0 saturated carbocycles. The van der Waals surface area contributed by atoms with Gasteiger partial charge < -0.3 is 19.7 Å². The van der Waals surface area contributed by atoms with Crippen molar-refractivity contribution in [2.45, 2.75) is 43.2 Å². The number of aliphatic hydroxyl groups is 2. The Hall–Kier alpha value is -1.61. The Bertz CT molecular complexity index is 606. The monoisotopic (exact) mass is 335 g/mol. The van der Waals surface area contributed by atoms with E-state index >= 15 is 0 Å². The average molecular weight is 335 g/mol. The molecule has 130 valence electrons. The smallest absolute Gasteiger partial charge is 0.160 e. The quantitative estimate of drug-likeness (QED) is 0.500. The van der Waals surface area contributed by atoms with Crippen molar-refractivity contribution < 1.29 is 29.3 Å². The molecule has 1 fully saturated rings. The van der Waals surface area contributed by atoms with Crippen LogP contribution in [0.2, 0.25) is 0 Å². The van der Waals surface area contributed by atoms with Gasteiger partial charge in [-0.05, 0) is 11.6 Å². The molecular formula is C17H21NO6. The van der Waals surface area contributed by atoms with Gasteiger partial charge in [0.05, 0.1) is 6.61 Å². The summed E-state index contributed by atoms with van der Waals surface area (Å²) in [7, 11) is 1.47. The van der Waals surface area contributed by atoms with E-state index < -0.39 is 30.1 Å². The zero-order valence-electron chi connectivity index (χ0n) is 13.3. The maximum atomic E-state index is 11.5. The standard InChI is InChI=1S/C17H21NO6/c1-22-14-8-17(18-23-10-11-5-3-2-4-6-11)12(9-19)7-13(20)15(24-14)16(17)21/h2-7,9,13-16,18,20-21H,8,10H2,1H3/t13?,14-,15-,16?,17?/m1/s1. The third-order valence-electron chi connectivity index (χ3n) is 4.54. The van der Waals surface area contributed by atoms with Gasteiger partial charge >= 0.3 is 0 Å². The summed E-state index contributed by atoms with van der Waals surface area (Å²) in [4.78, 5) is 17.1. The Kier molecular flexibility index (Phi) is 5.09. The first-order valence-electron chi connectivity index (χ1n) is 7.75. The minimum absolute atomic E-state index is 0.174. The van der Waals surface area contributed by atoms with E-state index in [0.29, 0.717) is 6.29 Å². The topological polar surface area (TPSA) is 97.3 Å².